The van der Waals surface area contributed by atoms with Gasteiger partial charge in [0.1, 0.15) is 5.75 Å². The molecule has 3 aromatic rings. The summed E-state index contributed by atoms with van der Waals surface area (Å²) in [5, 5.41) is 3.76. The number of allylic oxidation sites excluding steroid dienone is 2. The van der Waals surface area contributed by atoms with Crippen molar-refractivity contribution in [3.8, 4) is 22.9 Å². The molecule has 0 spiro atoms. The average Bonchev–Trinajstić information content (AvgIpc) is 2.83. The molecule has 3 rings (SSSR count). The molecular formula is C24H30N6O3. The molecule has 0 saturated heterocycles. The Bertz CT molecular complexity index is 1140. The molecule has 0 aliphatic rings. The third kappa shape index (κ3) is 5.89. The smallest absolute Gasteiger partial charge is 0.251 e. The molecule has 9 nitrogen and oxygen atoms in total. The number of benzene rings is 1. The van der Waals surface area contributed by atoms with Crippen LogP contribution in [0.2, 0.25) is 0 Å². The molecule has 0 aliphatic carbocycles. The first-order chi connectivity index (χ1) is 16.0. The van der Waals surface area contributed by atoms with Crippen LogP contribution in [0.3, 0.4) is 0 Å². The summed E-state index contributed by atoms with van der Waals surface area (Å²) in [6, 6.07) is 10.9. The zero-order valence-electron chi connectivity index (χ0n) is 19.1. The number of carbonyl (C=O) groups is 1. The number of nitrogens with one attached hydrogen (secondary N) is 2. The second kappa shape index (κ2) is 11.1. The largest absolute Gasteiger partial charge is 0.493 e. The van der Waals surface area contributed by atoms with Gasteiger partial charge in [-0.05, 0) is 51.0 Å². The van der Waals surface area contributed by atoms with Crippen LogP contribution < -0.4 is 31.8 Å². The van der Waals surface area contributed by atoms with E-state index in [0.29, 0.717) is 60.1 Å². The van der Waals surface area contributed by atoms with Crippen LogP contribution in [0.5, 0.6) is 11.6 Å². The highest BCUT2D eigenvalue weighted by Gasteiger charge is 2.13. The molecule has 174 valence electrons. The topological polar surface area (TPSA) is 137 Å². The van der Waals surface area contributed by atoms with Crippen LogP contribution in [-0.2, 0) is 0 Å². The lowest BCUT2D eigenvalue weighted by Crippen LogP contribution is -2.27. The molecule has 0 atom stereocenters. The fourth-order valence-electron chi connectivity index (χ4n) is 3.37. The summed E-state index contributed by atoms with van der Waals surface area (Å²) >= 11 is 0. The van der Waals surface area contributed by atoms with Crippen LogP contribution in [0.15, 0.2) is 54.0 Å². The van der Waals surface area contributed by atoms with Crippen LogP contribution in [0, 0.1) is 0 Å². The lowest BCUT2D eigenvalue weighted by atomic mass is 10.1. The number of nitrogens with two attached hydrogens (primary N) is 2. The summed E-state index contributed by atoms with van der Waals surface area (Å²) in [6.07, 6.45) is 3.05. The normalized spacial score (nSPS) is 11.6. The summed E-state index contributed by atoms with van der Waals surface area (Å²) in [5.74, 6) is 6.51. The summed E-state index contributed by atoms with van der Waals surface area (Å²) in [4.78, 5) is 21.7. The van der Waals surface area contributed by atoms with E-state index in [1.807, 2.05) is 25.1 Å². The molecule has 33 heavy (non-hydrogen) atoms. The van der Waals surface area contributed by atoms with Gasteiger partial charge in [0.05, 0.1) is 24.9 Å². The Balaban J connectivity index is 1.82. The second-order valence-corrected chi connectivity index (χ2v) is 7.43. The fourth-order valence-corrected chi connectivity index (χ4v) is 3.37. The van der Waals surface area contributed by atoms with Crippen molar-refractivity contribution in [2.45, 2.75) is 26.7 Å². The third-order valence-corrected chi connectivity index (χ3v) is 5.11. The number of amides is 1. The van der Waals surface area contributed by atoms with Crippen molar-refractivity contribution >= 4 is 16.8 Å². The number of methoxy groups -OCH3 is 1. The molecule has 2 aromatic heterocycles. The van der Waals surface area contributed by atoms with E-state index in [2.05, 4.69) is 15.7 Å². The molecule has 2 heterocycles. The Morgan fingerprint density at radius 2 is 2.00 bits per heavy atom. The molecule has 0 saturated carbocycles. The van der Waals surface area contributed by atoms with Crippen molar-refractivity contribution in [1.82, 2.24) is 20.7 Å². The molecule has 0 fully saturated rings. The third-order valence-electron chi connectivity index (χ3n) is 5.11. The zero-order chi connectivity index (χ0) is 23.8. The van der Waals surface area contributed by atoms with Crippen molar-refractivity contribution in [2.24, 2.45) is 11.6 Å². The molecule has 0 aliphatic heterocycles. The minimum atomic E-state index is -0.177. The van der Waals surface area contributed by atoms with Crippen molar-refractivity contribution in [1.29, 1.82) is 0 Å². The Hall–Kier alpha value is -3.85. The van der Waals surface area contributed by atoms with E-state index in [-0.39, 0.29) is 5.91 Å². The number of rotatable bonds is 10. The Morgan fingerprint density at radius 1 is 1.18 bits per heavy atom. The Labute approximate surface area is 193 Å². The summed E-state index contributed by atoms with van der Waals surface area (Å²) in [6.45, 7) is 4.71. The molecule has 1 amide bonds. The lowest BCUT2D eigenvalue weighted by molar-refractivity contribution is 0.0953. The minimum Gasteiger partial charge on any atom is -0.493 e. The van der Waals surface area contributed by atoms with Gasteiger partial charge in [-0.2, -0.15) is 0 Å². The predicted octanol–water partition coefficient (Wildman–Crippen LogP) is 2.87. The number of carbonyl (C=O) groups excluding carboxylic acids is 1. The molecule has 6 N–H and O–H groups in total. The average molecular weight is 451 g/mol. The maximum Gasteiger partial charge on any atom is 0.251 e. The van der Waals surface area contributed by atoms with E-state index in [1.54, 1.807) is 38.4 Å². The molecule has 0 bridgehead atoms. The Kier molecular flexibility index (Phi) is 8.04. The van der Waals surface area contributed by atoms with Crippen LogP contribution in [0.4, 0.5) is 0 Å². The summed E-state index contributed by atoms with van der Waals surface area (Å²) in [7, 11) is 1.57. The number of pyridine rings is 2. The van der Waals surface area contributed by atoms with Gasteiger partial charge in [-0.1, -0.05) is 0 Å². The van der Waals surface area contributed by atoms with Gasteiger partial charge in [-0.15, -0.1) is 0 Å². The number of fused-ring (bicyclic) bond motifs is 1. The molecular weight excluding hydrogens is 420 g/mol. The summed E-state index contributed by atoms with van der Waals surface area (Å²) in [5.41, 5.74) is 12.5. The zero-order valence-corrected chi connectivity index (χ0v) is 19.1. The lowest BCUT2D eigenvalue weighted by Gasteiger charge is -2.12. The van der Waals surface area contributed by atoms with Gasteiger partial charge in [-0.3, -0.25) is 10.6 Å². The number of hydrogen-bond donors (Lipinski definition) is 4. The standard InChI is InChI=1S/C24H30N6O3/c1-4-33-22-13-20(17-8-10-23(32-3)28-14-17)29-21-12-16(7-9-18(21)22)24(31)27-11-5-6-19(30-26)15(2)25/h7-10,12-14,30H,4-6,11,25-26H2,1-3H3,(H,27,31)/b19-15-. The van der Waals surface area contributed by atoms with Crippen molar-refractivity contribution in [3.63, 3.8) is 0 Å². The number of nitrogens with zero attached hydrogens (tertiary/aromatic N) is 2. The number of ether oxygens (including phenoxy) is 2. The monoisotopic (exact) mass is 450 g/mol. The van der Waals surface area contributed by atoms with E-state index in [1.165, 1.54) is 0 Å². The molecule has 1 aromatic carbocycles. The van der Waals surface area contributed by atoms with Crippen molar-refractivity contribution in [2.75, 3.05) is 20.3 Å². The first-order valence-electron chi connectivity index (χ1n) is 10.7. The maximum absolute atomic E-state index is 12.7. The Morgan fingerprint density at radius 3 is 2.64 bits per heavy atom. The second-order valence-electron chi connectivity index (χ2n) is 7.43. The number of hydrogen-bond acceptors (Lipinski definition) is 8. The van der Waals surface area contributed by atoms with E-state index in [4.69, 9.17) is 26.0 Å². The maximum atomic E-state index is 12.7. The first-order valence-corrected chi connectivity index (χ1v) is 10.7. The highest BCUT2D eigenvalue weighted by atomic mass is 16.5. The van der Waals surface area contributed by atoms with Gasteiger partial charge in [0.25, 0.3) is 5.91 Å². The highest BCUT2D eigenvalue weighted by Crippen LogP contribution is 2.31. The number of aromatic nitrogens is 2. The van der Waals surface area contributed by atoms with E-state index < -0.39 is 0 Å². The van der Waals surface area contributed by atoms with Gasteiger partial charge in [0.15, 0.2) is 0 Å². The number of hydrazine groups is 1. The van der Waals surface area contributed by atoms with E-state index in [9.17, 15) is 4.79 Å². The van der Waals surface area contributed by atoms with Crippen LogP contribution in [0.1, 0.15) is 37.0 Å². The van der Waals surface area contributed by atoms with Crippen LogP contribution in [-0.4, -0.2) is 36.1 Å². The fraction of sp³-hybridized carbons (Fsp3) is 0.292. The quantitative estimate of drug-likeness (QED) is 0.210. The van der Waals surface area contributed by atoms with Gasteiger partial charge >= 0.3 is 0 Å². The molecule has 9 heteroatoms. The van der Waals surface area contributed by atoms with Crippen molar-refractivity contribution in [3.05, 3.63) is 59.6 Å². The highest BCUT2D eigenvalue weighted by molar-refractivity contribution is 5.99. The van der Waals surface area contributed by atoms with Gasteiger partial charge in [0, 0.05) is 52.8 Å². The molecule has 0 unspecified atom stereocenters. The molecule has 0 radical (unpaired) electrons. The minimum absolute atomic E-state index is 0.177. The van der Waals surface area contributed by atoms with Crippen LogP contribution in [0.25, 0.3) is 22.2 Å². The SMILES string of the molecule is CCOc1cc(-c2ccc(OC)nc2)nc2cc(C(=O)NCCC/C(NN)=C(\C)N)ccc12. The van der Waals surface area contributed by atoms with Gasteiger partial charge in [0.2, 0.25) is 5.88 Å². The summed E-state index contributed by atoms with van der Waals surface area (Å²) < 4.78 is 11.0. The van der Waals surface area contributed by atoms with Crippen molar-refractivity contribution < 1.29 is 14.3 Å². The van der Waals surface area contributed by atoms with Gasteiger partial charge in [-0.25, -0.2) is 9.97 Å². The first kappa shape index (κ1) is 23.8. The van der Waals surface area contributed by atoms with Gasteiger partial charge < -0.3 is 25.9 Å². The van der Waals surface area contributed by atoms with Crippen LogP contribution >= 0.6 is 0 Å². The van der Waals surface area contributed by atoms with E-state index >= 15 is 0 Å². The van der Waals surface area contributed by atoms with E-state index in [0.717, 1.165) is 16.6 Å². The predicted molar refractivity (Wildman–Crippen MR) is 128 cm³/mol.